The fraction of sp³-hybridized carbons (Fsp3) is 0.238. The summed E-state index contributed by atoms with van der Waals surface area (Å²) in [5, 5.41) is 0. The van der Waals surface area contributed by atoms with Crippen LogP contribution < -0.4 is 0 Å². The first-order valence-electron chi connectivity index (χ1n) is 8.83. The van der Waals surface area contributed by atoms with E-state index in [1.165, 1.54) is 18.1 Å². The van der Waals surface area contributed by atoms with Crippen LogP contribution in [0.5, 0.6) is 0 Å². The molecule has 0 spiro atoms. The molecule has 1 fully saturated rings. The zero-order valence-corrected chi connectivity index (χ0v) is 16.8. The van der Waals surface area contributed by atoms with Crippen LogP contribution in [0, 0.1) is 0 Å². The van der Waals surface area contributed by atoms with Crippen LogP contribution in [0.1, 0.15) is 24.1 Å². The average Bonchev–Trinajstić information content (AvgIpc) is 2.96. The van der Waals surface area contributed by atoms with Crippen molar-refractivity contribution in [3.8, 4) is 0 Å². The molecule has 0 bridgehead atoms. The summed E-state index contributed by atoms with van der Waals surface area (Å²) in [6.07, 6.45) is 3.14. The van der Waals surface area contributed by atoms with E-state index in [9.17, 15) is 9.59 Å². The molecule has 146 valence electrons. The smallest absolute Gasteiger partial charge is 0.322 e. The van der Waals surface area contributed by atoms with Crippen LogP contribution in [0.15, 0.2) is 65.6 Å². The second kappa shape index (κ2) is 9.05. The van der Waals surface area contributed by atoms with Crippen LogP contribution in [0.25, 0.3) is 6.08 Å². The van der Waals surface area contributed by atoms with E-state index in [0.717, 1.165) is 28.1 Å². The Kier molecular flexibility index (Phi) is 6.51. The van der Waals surface area contributed by atoms with E-state index in [4.69, 9.17) is 4.33 Å². The van der Waals surface area contributed by atoms with Crippen LogP contribution in [0.3, 0.4) is 0 Å². The van der Waals surface area contributed by atoms with Gasteiger partial charge in [-0.15, -0.1) is 0 Å². The average molecular weight is 398 g/mol. The van der Waals surface area contributed by atoms with Gasteiger partial charge in [-0.3, -0.25) is 9.69 Å². The monoisotopic (exact) mass is 398 g/mol. The molecule has 0 radical (unpaired) electrons. The van der Waals surface area contributed by atoms with Gasteiger partial charge in [0.05, 0.1) is 31.2 Å². The summed E-state index contributed by atoms with van der Waals surface area (Å²) in [6, 6.07) is 16.3. The zero-order valence-electron chi connectivity index (χ0n) is 15.9. The topological polar surface area (TPSA) is 59.1 Å². The van der Waals surface area contributed by atoms with E-state index in [0.29, 0.717) is 0 Å². The molecule has 7 heteroatoms. The van der Waals surface area contributed by atoms with Crippen LogP contribution >= 0.6 is 12.0 Å². The summed E-state index contributed by atoms with van der Waals surface area (Å²) in [5.41, 5.74) is 1.79. The van der Waals surface area contributed by atoms with Crippen molar-refractivity contribution in [2.45, 2.75) is 23.9 Å². The van der Waals surface area contributed by atoms with Gasteiger partial charge in [0, 0.05) is 18.0 Å². The summed E-state index contributed by atoms with van der Waals surface area (Å²) in [4.78, 5) is 33.9. The van der Waals surface area contributed by atoms with Gasteiger partial charge >= 0.3 is 6.03 Å². The molecule has 28 heavy (non-hydrogen) atoms. The van der Waals surface area contributed by atoms with Crippen molar-refractivity contribution >= 4 is 30.1 Å². The van der Waals surface area contributed by atoms with Crippen LogP contribution in [0.4, 0.5) is 4.79 Å². The SMILES string of the molecule is COOSc1ccc(/C=C/C(=O)N2C(=O)N(C)[C@@H](C)[C@H]2c2ccccc2)cc1. The molecule has 1 aliphatic rings. The number of hydrogen-bond acceptors (Lipinski definition) is 5. The standard InChI is InChI=1S/C21H22N2O4S/c1-15-20(17-7-5-4-6-8-17)23(21(25)22(15)2)19(24)14-11-16-9-12-18(13-10-16)28-27-26-3/h4-15,20H,1-3H3/b14-11+/t15-,20-/m0/s1. The van der Waals surface area contributed by atoms with E-state index in [-0.39, 0.29) is 24.0 Å². The van der Waals surface area contributed by atoms with Gasteiger partial charge in [-0.2, -0.15) is 4.33 Å². The Morgan fingerprint density at radius 1 is 1.11 bits per heavy atom. The molecule has 6 nitrogen and oxygen atoms in total. The number of hydrogen-bond donors (Lipinski definition) is 0. The number of imide groups is 1. The van der Waals surface area contributed by atoms with E-state index < -0.39 is 0 Å². The van der Waals surface area contributed by atoms with E-state index >= 15 is 0 Å². The van der Waals surface area contributed by atoms with E-state index in [1.54, 1.807) is 18.0 Å². The molecule has 0 aliphatic carbocycles. The number of carbonyl (C=O) groups excluding carboxylic acids is 2. The van der Waals surface area contributed by atoms with Crippen molar-refractivity contribution in [3.63, 3.8) is 0 Å². The van der Waals surface area contributed by atoms with Gasteiger partial charge in [0.15, 0.2) is 0 Å². The van der Waals surface area contributed by atoms with Crippen molar-refractivity contribution in [1.82, 2.24) is 9.80 Å². The van der Waals surface area contributed by atoms with Gasteiger partial charge < -0.3 is 4.90 Å². The second-order valence-electron chi connectivity index (χ2n) is 6.42. The van der Waals surface area contributed by atoms with Crippen LogP contribution in [-0.4, -0.2) is 41.9 Å². The molecule has 2 aromatic rings. The lowest BCUT2D eigenvalue weighted by molar-refractivity contribution is -0.160. The number of benzene rings is 2. The summed E-state index contributed by atoms with van der Waals surface area (Å²) < 4.78 is 4.81. The second-order valence-corrected chi connectivity index (χ2v) is 7.19. The highest BCUT2D eigenvalue weighted by atomic mass is 32.2. The quantitative estimate of drug-likeness (QED) is 0.314. The Morgan fingerprint density at radius 2 is 1.79 bits per heavy atom. The normalized spacial score (nSPS) is 19.6. The summed E-state index contributed by atoms with van der Waals surface area (Å²) in [6.45, 7) is 1.95. The van der Waals surface area contributed by atoms with Gasteiger partial charge in [0.1, 0.15) is 0 Å². The lowest BCUT2D eigenvalue weighted by atomic mass is 10.0. The van der Waals surface area contributed by atoms with Gasteiger partial charge in [-0.25, -0.2) is 9.68 Å². The maximum absolute atomic E-state index is 12.9. The predicted molar refractivity (Wildman–Crippen MR) is 108 cm³/mol. The van der Waals surface area contributed by atoms with E-state index in [2.05, 4.69) is 4.89 Å². The molecular weight excluding hydrogens is 376 g/mol. The molecular formula is C21H22N2O4S. The third-order valence-corrected chi connectivity index (χ3v) is 5.40. The Morgan fingerprint density at radius 3 is 2.43 bits per heavy atom. The highest BCUT2D eigenvalue weighted by Gasteiger charge is 2.44. The molecule has 1 aliphatic heterocycles. The number of carbonyl (C=O) groups is 2. The van der Waals surface area contributed by atoms with Crippen molar-refractivity contribution in [1.29, 1.82) is 0 Å². The number of urea groups is 1. The van der Waals surface area contributed by atoms with Gasteiger partial charge in [-0.05, 0) is 36.3 Å². The molecule has 0 aromatic heterocycles. The molecule has 0 unspecified atom stereocenters. The van der Waals surface area contributed by atoms with Gasteiger partial charge in [0.25, 0.3) is 5.91 Å². The molecule has 2 atom stereocenters. The third kappa shape index (κ3) is 4.27. The zero-order chi connectivity index (χ0) is 20.1. The van der Waals surface area contributed by atoms with Crippen molar-refractivity contribution in [2.24, 2.45) is 0 Å². The predicted octanol–water partition coefficient (Wildman–Crippen LogP) is 4.31. The first-order chi connectivity index (χ1) is 13.5. The minimum absolute atomic E-state index is 0.107. The lowest BCUT2D eigenvalue weighted by Crippen LogP contribution is -2.35. The Bertz CT molecular complexity index is 854. The van der Waals surface area contributed by atoms with Gasteiger partial charge in [-0.1, -0.05) is 42.5 Å². The largest absolute Gasteiger partial charge is 0.327 e. The number of rotatable bonds is 6. The number of nitrogens with zero attached hydrogens (tertiary/aromatic N) is 2. The van der Waals surface area contributed by atoms with E-state index in [1.807, 2.05) is 61.5 Å². The third-order valence-electron chi connectivity index (χ3n) is 4.73. The van der Waals surface area contributed by atoms with Crippen molar-refractivity contribution in [3.05, 3.63) is 71.8 Å². The molecule has 2 aromatic carbocycles. The maximum atomic E-state index is 12.9. The highest BCUT2D eigenvalue weighted by Crippen LogP contribution is 2.34. The fourth-order valence-electron chi connectivity index (χ4n) is 3.16. The minimum Gasteiger partial charge on any atom is -0.322 e. The van der Waals surface area contributed by atoms with Gasteiger partial charge in [0.2, 0.25) is 0 Å². The fourth-order valence-corrected chi connectivity index (χ4v) is 3.55. The number of amides is 3. The maximum Gasteiger partial charge on any atom is 0.327 e. The van der Waals surface area contributed by atoms with Crippen LogP contribution in [-0.2, 0) is 14.0 Å². The summed E-state index contributed by atoms with van der Waals surface area (Å²) in [7, 11) is 3.16. The Labute approximate surface area is 168 Å². The molecule has 3 amide bonds. The molecule has 3 rings (SSSR count). The first kappa shape index (κ1) is 20.1. The molecule has 0 saturated carbocycles. The number of likely N-dealkylation sites (N-methyl/N-ethyl adjacent to an activating group) is 1. The molecule has 1 heterocycles. The van der Waals surface area contributed by atoms with Crippen LogP contribution in [0.2, 0.25) is 0 Å². The molecule has 0 N–H and O–H groups in total. The Balaban J connectivity index is 1.77. The Hall–Kier alpha value is -2.61. The van der Waals surface area contributed by atoms with Crippen molar-refractivity contribution < 1.29 is 18.8 Å². The summed E-state index contributed by atoms with van der Waals surface area (Å²) >= 11 is 1.10. The minimum atomic E-state index is -0.337. The lowest BCUT2D eigenvalue weighted by Gasteiger charge is -2.23. The first-order valence-corrected chi connectivity index (χ1v) is 9.57. The highest BCUT2D eigenvalue weighted by molar-refractivity contribution is 7.94. The summed E-state index contributed by atoms with van der Waals surface area (Å²) in [5.74, 6) is -0.337. The van der Waals surface area contributed by atoms with Crippen molar-refractivity contribution in [2.75, 3.05) is 14.2 Å². The molecule has 1 saturated heterocycles.